The van der Waals surface area contributed by atoms with Gasteiger partial charge in [0.2, 0.25) is 5.54 Å². The Balaban J connectivity index is 1.66. The number of ether oxygens (including phenoxy) is 4. The molecule has 6 unspecified atom stereocenters. The molecule has 1 aromatic heterocycles. The summed E-state index contributed by atoms with van der Waals surface area (Å²) < 4.78 is 24.9. The summed E-state index contributed by atoms with van der Waals surface area (Å²) in [6.07, 6.45) is 2.49. The lowest BCUT2D eigenvalue weighted by atomic mass is 9.84. The van der Waals surface area contributed by atoms with Gasteiger partial charge in [-0.1, -0.05) is 41.0 Å². The van der Waals surface area contributed by atoms with Gasteiger partial charge in [0.15, 0.2) is 5.16 Å². The molecule has 3 aliphatic rings. The number of benzene rings is 1. The number of aromatic nitrogens is 2. The fourth-order valence-corrected chi connectivity index (χ4v) is 7.88. The van der Waals surface area contributed by atoms with Crippen molar-refractivity contribution < 1.29 is 28.5 Å². The normalized spacial score (nSPS) is 29.3. The van der Waals surface area contributed by atoms with E-state index < -0.39 is 63.0 Å². The Morgan fingerprint density at radius 3 is 2.23 bits per heavy atom. The highest BCUT2D eigenvalue weighted by Gasteiger charge is 2.93. The highest BCUT2D eigenvalue weighted by Crippen LogP contribution is 2.72. The standard InChI is InChI=1S/C31H40Cl2N4O6S/c1-27(2,3)41-23(38)20-19-21(44-26-34-12-13-35-26)22(40-15-16-10-11-17(32)18(33)14-16)31(24(39)42-28(4,5)6)30(19,20)36-25(37-31)43-29(7,8)9/h10-14,19-22H,15H2,1-9H3,(H,34,35)(H,36,37). The molecule has 2 fully saturated rings. The number of aliphatic imine (C=N–C) groups is 1. The number of nitrogens with zero attached hydrogens (tertiary/aromatic N) is 2. The molecule has 1 aromatic carbocycles. The zero-order valence-corrected chi connectivity index (χ0v) is 28.7. The van der Waals surface area contributed by atoms with Crippen LogP contribution in [0.25, 0.3) is 0 Å². The Kier molecular flexibility index (Phi) is 8.30. The van der Waals surface area contributed by atoms with Crippen LogP contribution in [-0.2, 0) is 35.1 Å². The van der Waals surface area contributed by atoms with E-state index in [0.717, 1.165) is 5.56 Å². The summed E-state index contributed by atoms with van der Waals surface area (Å²) in [5.41, 5.74) is -4.45. The third-order valence-corrected chi connectivity index (χ3v) is 9.46. The van der Waals surface area contributed by atoms with Crippen molar-refractivity contribution >= 4 is 52.9 Å². The number of carbonyl (C=O) groups excluding carboxylic acids is 2. The van der Waals surface area contributed by atoms with E-state index in [1.807, 2.05) is 47.6 Å². The topological polar surface area (TPSA) is 124 Å². The smallest absolute Gasteiger partial charge is 0.340 e. The van der Waals surface area contributed by atoms with E-state index in [9.17, 15) is 9.59 Å². The maximum absolute atomic E-state index is 14.6. The van der Waals surface area contributed by atoms with Crippen LogP contribution in [0.1, 0.15) is 67.9 Å². The lowest BCUT2D eigenvalue weighted by Crippen LogP contribution is -2.62. The first-order chi connectivity index (χ1) is 20.3. The first-order valence-corrected chi connectivity index (χ1v) is 16.2. The number of hydrogen-bond acceptors (Lipinski definition) is 10. The summed E-state index contributed by atoms with van der Waals surface area (Å²) >= 11 is 13.9. The molecule has 2 saturated carbocycles. The van der Waals surface area contributed by atoms with E-state index in [4.69, 9.17) is 47.1 Å². The van der Waals surface area contributed by atoms with Gasteiger partial charge >= 0.3 is 11.9 Å². The second-order valence-electron chi connectivity index (χ2n) is 14.4. The van der Waals surface area contributed by atoms with Crippen LogP contribution in [0.15, 0.2) is 40.7 Å². The average Bonchev–Trinajstić information content (AvgIpc) is 3.12. The molecule has 0 bridgehead atoms. The van der Waals surface area contributed by atoms with Crippen LogP contribution in [0.5, 0.6) is 0 Å². The minimum absolute atomic E-state index is 0.0895. The van der Waals surface area contributed by atoms with Crippen molar-refractivity contribution in [2.24, 2.45) is 16.8 Å². The van der Waals surface area contributed by atoms with E-state index in [1.165, 1.54) is 11.8 Å². The number of esters is 2. The predicted octanol–water partition coefficient (Wildman–Crippen LogP) is 5.96. The number of halogens is 2. The van der Waals surface area contributed by atoms with Crippen LogP contribution in [0, 0.1) is 11.8 Å². The Morgan fingerprint density at radius 2 is 1.66 bits per heavy atom. The van der Waals surface area contributed by atoms with Gasteiger partial charge in [0, 0.05) is 23.6 Å². The molecule has 2 N–H and O–H groups in total. The van der Waals surface area contributed by atoms with E-state index in [2.05, 4.69) is 15.3 Å². The number of thioether (sulfide) groups is 1. The van der Waals surface area contributed by atoms with Crippen LogP contribution < -0.4 is 5.32 Å². The number of aromatic amines is 1. The molecule has 44 heavy (non-hydrogen) atoms. The molecule has 6 atom stereocenters. The van der Waals surface area contributed by atoms with E-state index in [1.54, 1.807) is 45.3 Å². The van der Waals surface area contributed by atoms with Gasteiger partial charge < -0.3 is 29.2 Å². The third-order valence-electron chi connectivity index (χ3n) is 7.46. The molecule has 13 heteroatoms. The van der Waals surface area contributed by atoms with Gasteiger partial charge in [-0.2, -0.15) is 0 Å². The van der Waals surface area contributed by atoms with Crippen molar-refractivity contribution in [1.82, 2.24) is 15.3 Å². The molecular weight excluding hydrogens is 627 g/mol. The van der Waals surface area contributed by atoms with Crippen molar-refractivity contribution in [2.75, 3.05) is 0 Å². The van der Waals surface area contributed by atoms with Crippen LogP contribution in [0.4, 0.5) is 0 Å². The molecular formula is C31H40Cl2N4O6S. The lowest BCUT2D eigenvalue weighted by Gasteiger charge is -2.38. The fraction of sp³-hybridized carbons (Fsp3) is 0.613. The van der Waals surface area contributed by atoms with Crippen molar-refractivity contribution in [1.29, 1.82) is 0 Å². The van der Waals surface area contributed by atoms with Crippen LogP contribution in [-0.4, -0.2) is 67.2 Å². The van der Waals surface area contributed by atoms with Crippen LogP contribution in [0.3, 0.4) is 0 Å². The first-order valence-electron chi connectivity index (χ1n) is 14.5. The summed E-state index contributed by atoms with van der Waals surface area (Å²) in [7, 11) is 0. The van der Waals surface area contributed by atoms with Gasteiger partial charge in [-0.15, -0.1) is 0 Å². The number of nitrogens with one attached hydrogen (secondary N) is 2. The van der Waals surface area contributed by atoms with Crippen LogP contribution >= 0.6 is 35.0 Å². The quantitative estimate of drug-likeness (QED) is 0.345. The number of imidazole rings is 1. The predicted molar refractivity (Wildman–Crippen MR) is 169 cm³/mol. The first kappa shape index (κ1) is 32.9. The van der Waals surface area contributed by atoms with Crippen molar-refractivity contribution in [2.45, 2.75) is 113 Å². The second-order valence-corrected chi connectivity index (χ2v) is 16.4. The Morgan fingerprint density at radius 1 is 0.977 bits per heavy atom. The molecule has 10 nitrogen and oxygen atoms in total. The monoisotopic (exact) mass is 666 g/mol. The lowest BCUT2D eigenvalue weighted by molar-refractivity contribution is -0.170. The van der Waals surface area contributed by atoms with Gasteiger partial charge in [-0.3, -0.25) is 4.79 Å². The molecule has 2 heterocycles. The summed E-state index contributed by atoms with van der Waals surface area (Å²) in [4.78, 5) is 41.0. The summed E-state index contributed by atoms with van der Waals surface area (Å²) in [6, 6.07) is 5.36. The number of H-pyrrole nitrogens is 1. The Labute approximate surface area is 272 Å². The Hall–Kier alpha value is -2.47. The van der Waals surface area contributed by atoms with Gasteiger partial charge in [-0.05, 0) is 80.0 Å². The molecule has 2 aliphatic carbocycles. The van der Waals surface area contributed by atoms with E-state index in [0.29, 0.717) is 15.2 Å². The highest BCUT2D eigenvalue weighted by molar-refractivity contribution is 7.99. The number of carbonyl (C=O) groups is 2. The maximum atomic E-state index is 14.6. The molecule has 0 amide bonds. The van der Waals surface area contributed by atoms with Gasteiger partial charge in [0.1, 0.15) is 22.9 Å². The zero-order valence-electron chi connectivity index (χ0n) is 26.4. The second kappa shape index (κ2) is 11.1. The van der Waals surface area contributed by atoms with Gasteiger partial charge in [-0.25, -0.2) is 14.8 Å². The summed E-state index contributed by atoms with van der Waals surface area (Å²) in [6.45, 7) is 16.5. The summed E-state index contributed by atoms with van der Waals surface area (Å²) in [5, 5.41) is 4.34. The van der Waals surface area contributed by atoms with E-state index in [-0.39, 0.29) is 12.6 Å². The largest absolute Gasteiger partial charge is 0.460 e. The SMILES string of the molecule is CC(C)(C)OC(=O)C1C2C(Sc3ncc[nH]3)C(OCc3ccc(Cl)c(Cl)c3)C3(C(=O)OC(C)(C)C)N=C(OC(C)(C)C)NC123. The molecule has 1 spiro atoms. The molecule has 1 aliphatic heterocycles. The molecule has 0 saturated heterocycles. The molecule has 2 aromatic rings. The van der Waals surface area contributed by atoms with Crippen molar-refractivity contribution in [3.8, 4) is 0 Å². The molecule has 5 rings (SSSR count). The number of hydrogen-bond donors (Lipinski definition) is 2. The minimum Gasteiger partial charge on any atom is -0.460 e. The zero-order chi connectivity index (χ0) is 32.5. The van der Waals surface area contributed by atoms with Gasteiger partial charge in [0.25, 0.3) is 6.02 Å². The van der Waals surface area contributed by atoms with E-state index >= 15 is 0 Å². The van der Waals surface area contributed by atoms with Crippen molar-refractivity contribution in [3.05, 3.63) is 46.2 Å². The van der Waals surface area contributed by atoms with Gasteiger partial charge in [0.05, 0.1) is 28.1 Å². The molecule has 0 radical (unpaired) electrons. The summed E-state index contributed by atoms with van der Waals surface area (Å²) in [5.74, 6) is -2.27. The number of rotatable bonds is 7. The third kappa shape index (κ3) is 6.04. The number of amidine groups is 1. The minimum atomic E-state index is -1.70. The Bertz CT molecular complexity index is 1460. The highest BCUT2D eigenvalue weighted by atomic mass is 35.5. The fourth-order valence-electron chi connectivity index (χ4n) is 6.13. The maximum Gasteiger partial charge on any atom is 0.340 e. The van der Waals surface area contributed by atoms with Crippen LogP contribution in [0.2, 0.25) is 10.0 Å². The average molecular weight is 668 g/mol. The van der Waals surface area contributed by atoms with Crippen molar-refractivity contribution in [3.63, 3.8) is 0 Å². The molecule has 240 valence electrons.